The number of hydrogen-bond acceptors (Lipinski definition) is 4. The van der Waals surface area contributed by atoms with Gasteiger partial charge < -0.3 is 14.5 Å². The van der Waals surface area contributed by atoms with E-state index in [1.165, 1.54) is 66.8 Å². The van der Waals surface area contributed by atoms with Crippen LogP contribution < -0.4 is 14.5 Å². The van der Waals surface area contributed by atoms with Gasteiger partial charge in [0.1, 0.15) is 17.3 Å². The molecule has 0 saturated carbocycles. The number of anilines is 2. The lowest BCUT2D eigenvalue weighted by atomic mass is 9.78. The number of nitrogens with zero attached hydrogens (tertiary/aromatic N) is 4. The summed E-state index contributed by atoms with van der Waals surface area (Å²) >= 11 is 0. The zero-order chi connectivity index (χ0) is 53.4. The van der Waals surface area contributed by atoms with Crippen LogP contribution in [0.1, 0.15) is 187 Å². The molecule has 0 amide bonds. The molecule has 0 aliphatic carbocycles. The summed E-state index contributed by atoms with van der Waals surface area (Å²) < 4.78 is 9.54. The van der Waals surface area contributed by atoms with Gasteiger partial charge in [-0.3, -0.25) is 4.57 Å². The molecular weight excluding hydrogens is 901 g/mol. The van der Waals surface area contributed by atoms with Gasteiger partial charge in [0.05, 0.1) is 23.4 Å². The molecule has 1 aliphatic heterocycles. The molecule has 6 aromatic carbocycles. The monoisotopic (exact) mass is 983 g/mol. The summed E-state index contributed by atoms with van der Waals surface area (Å²) in [6.45, 7) is 42.2. The first-order valence-corrected chi connectivity index (χ1v) is 27.1. The zero-order valence-electron chi connectivity index (χ0n) is 47.9. The Balaban J connectivity index is 1.21. The van der Waals surface area contributed by atoms with Gasteiger partial charge in [-0.05, 0) is 139 Å². The zero-order valence-corrected chi connectivity index (χ0v) is 47.9. The molecule has 0 atom stereocenters. The van der Waals surface area contributed by atoms with Gasteiger partial charge in [0.2, 0.25) is 0 Å². The van der Waals surface area contributed by atoms with E-state index >= 15 is 0 Å². The molecule has 0 saturated heterocycles. The van der Waals surface area contributed by atoms with Crippen molar-refractivity contribution in [1.29, 1.82) is 0 Å². The van der Waals surface area contributed by atoms with Gasteiger partial charge >= 0.3 is 0 Å². The van der Waals surface area contributed by atoms with Crippen LogP contribution in [0.2, 0.25) is 0 Å². The second-order valence-corrected chi connectivity index (χ2v) is 26.4. The molecule has 9 rings (SSSR count). The third-order valence-corrected chi connectivity index (χ3v) is 15.6. The molecule has 8 aromatic rings. The topological polar surface area (TPSA) is 33.5 Å². The van der Waals surface area contributed by atoms with Crippen LogP contribution in [0.15, 0.2) is 146 Å². The number of rotatable bonds is 10. The lowest BCUT2D eigenvalue weighted by Gasteiger charge is -2.31. The van der Waals surface area contributed by atoms with Crippen LogP contribution in [0.4, 0.5) is 11.4 Å². The highest BCUT2D eigenvalue weighted by atomic mass is 16.5. The molecule has 0 N–H and O–H groups in total. The summed E-state index contributed by atoms with van der Waals surface area (Å²) in [5.41, 5.74) is 17.0. The Bertz CT molecular complexity index is 3350. The Kier molecular flexibility index (Phi) is 13.4. The number of pyridine rings is 1. The summed E-state index contributed by atoms with van der Waals surface area (Å²) in [5.74, 6) is 3.13. The molecule has 0 spiro atoms. The van der Waals surface area contributed by atoms with Gasteiger partial charge in [0.15, 0.2) is 0 Å². The lowest BCUT2D eigenvalue weighted by Crippen LogP contribution is -2.28. The van der Waals surface area contributed by atoms with E-state index in [0.29, 0.717) is 18.5 Å². The van der Waals surface area contributed by atoms with Crippen molar-refractivity contribution < 1.29 is 4.74 Å². The molecule has 2 aromatic heterocycles. The second kappa shape index (κ2) is 19.0. The van der Waals surface area contributed by atoms with E-state index in [2.05, 4.69) is 279 Å². The summed E-state index contributed by atoms with van der Waals surface area (Å²) in [6.07, 6.45) is 4.38. The first-order chi connectivity index (χ1) is 34.6. The normalized spacial score (nSPS) is 14.0. The van der Waals surface area contributed by atoms with E-state index in [0.717, 1.165) is 39.4 Å². The predicted octanol–water partition coefficient (Wildman–Crippen LogP) is 19.0. The van der Waals surface area contributed by atoms with Crippen LogP contribution in [0.3, 0.4) is 0 Å². The summed E-state index contributed by atoms with van der Waals surface area (Å²) in [5, 5.41) is 2.35. The van der Waals surface area contributed by atoms with Crippen LogP contribution in [0.25, 0.3) is 33.3 Å². The fourth-order valence-corrected chi connectivity index (χ4v) is 10.6. The Labute approximate surface area is 444 Å². The molecule has 5 nitrogen and oxygen atoms in total. The van der Waals surface area contributed by atoms with Gasteiger partial charge in [0, 0.05) is 57.7 Å². The molecule has 5 heteroatoms. The fraction of sp³-hybridized carbons (Fsp3) is 0.377. The minimum atomic E-state index is -0.201. The largest absolute Gasteiger partial charge is 0.457 e. The van der Waals surface area contributed by atoms with Crippen LogP contribution in [-0.2, 0) is 27.1 Å². The van der Waals surface area contributed by atoms with E-state index in [1.807, 2.05) is 6.20 Å². The molecular formula is C69H82N4O. The molecule has 74 heavy (non-hydrogen) atoms. The molecule has 0 radical (unpaired) electrons. The highest BCUT2D eigenvalue weighted by molar-refractivity contribution is 6.10. The fourth-order valence-electron chi connectivity index (χ4n) is 10.6. The van der Waals surface area contributed by atoms with Crippen molar-refractivity contribution in [3.63, 3.8) is 0 Å². The maximum absolute atomic E-state index is 7.21. The minimum Gasteiger partial charge on any atom is -0.457 e. The SMILES string of the molecule is CC(C)c1cccc(C(C)C)c1C1=CN(c2cc(C(C)(C)C)cc(C(C)(C)C)c2)CN1c1cc(Oc2ccc3c4cc(C(C)(C)c5ccccc5)ccc4n(-c4cc(C(C)(C)C)ccn4)c3c2)cc(C(C)(C)C)c1. The van der Waals surface area contributed by atoms with E-state index in [-0.39, 0.29) is 27.1 Å². The van der Waals surface area contributed by atoms with Crippen molar-refractivity contribution in [2.24, 2.45) is 0 Å². The summed E-state index contributed by atoms with van der Waals surface area (Å²) in [4.78, 5) is 10.1. The first kappa shape index (κ1) is 52.3. The van der Waals surface area contributed by atoms with E-state index in [4.69, 9.17) is 9.72 Å². The van der Waals surface area contributed by atoms with Crippen molar-refractivity contribution in [3.05, 3.63) is 196 Å². The highest BCUT2D eigenvalue weighted by Gasteiger charge is 2.33. The summed E-state index contributed by atoms with van der Waals surface area (Å²) in [6, 6.07) is 49.9. The van der Waals surface area contributed by atoms with Crippen LogP contribution in [0.5, 0.6) is 11.5 Å². The number of aromatic nitrogens is 2. The third kappa shape index (κ3) is 10.2. The number of ether oxygens (including phenoxy) is 1. The van der Waals surface area contributed by atoms with Crippen LogP contribution in [-0.4, -0.2) is 16.2 Å². The Morgan fingerprint density at radius 2 is 1.05 bits per heavy atom. The standard InChI is InChI=1S/C69H82N4O/c1-44(2)56-25-22-26-57(45(3)4)64(56)62-42-71(52-34-49(66(8,9)10)33-50(35-52)67(11,12)13)43-72(62)53-36-51(68(14,15)16)37-55(40-53)74-54-28-29-58-59-38-48(69(17,18)46-23-20-19-21-24-46)27-30-60(59)73(61(58)41-54)63-39-47(31-32-70-63)65(5,6)7/h19-42,44-45H,43H2,1-18H3. The Morgan fingerprint density at radius 3 is 1.65 bits per heavy atom. The van der Waals surface area contributed by atoms with Crippen molar-refractivity contribution in [1.82, 2.24) is 9.55 Å². The molecule has 384 valence electrons. The Morgan fingerprint density at radius 1 is 0.459 bits per heavy atom. The van der Waals surface area contributed by atoms with Gasteiger partial charge in [-0.25, -0.2) is 4.98 Å². The van der Waals surface area contributed by atoms with Gasteiger partial charge in [-0.1, -0.05) is 185 Å². The first-order valence-electron chi connectivity index (χ1n) is 27.1. The molecule has 3 heterocycles. The average Bonchev–Trinajstić information content (AvgIpc) is 3.92. The predicted molar refractivity (Wildman–Crippen MR) is 317 cm³/mol. The van der Waals surface area contributed by atoms with E-state index in [1.54, 1.807) is 0 Å². The van der Waals surface area contributed by atoms with E-state index < -0.39 is 0 Å². The summed E-state index contributed by atoms with van der Waals surface area (Å²) in [7, 11) is 0. The smallest absolute Gasteiger partial charge is 0.137 e. The van der Waals surface area contributed by atoms with Crippen molar-refractivity contribution in [2.75, 3.05) is 16.5 Å². The van der Waals surface area contributed by atoms with Crippen LogP contribution >= 0.6 is 0 Å². The lowest BCUT2D eigenvalue weighted by molar-refractivity contribution is 0.479. The number of hydrogen-bond donors (Lipinski definition) is 0. The van der Waals surface area contributed by atoms with Gasteiger partial charge in [0.25, 0.3) is 0 Å². The molecule has 0 fully saturated rings. The Hall–Kier alpha value is -6.59. The third-order valence-electron chi connectivity index (χ3n) is 15.6. The van der Waals surface area contributed by atoms with Crippen molar-refractivity contribution in [2.45, 2.75) is 164 Å². The number of benzene rings is 6. The second-order valence-electron chi connectivity index (χ2n) is 26.4. The van der Waals surface area contributed by atoms with Crippen molar-refractivity contribution in [3.8, 4) is 17.3 Å². The van der Waals surface area contributed by atoms with E-state index in [9.17, 15) is 0 Å². The van der Waals surface area contributed by atoms with Crippen molar-refractivity contribution >= 4 is 38.9 Å². The highest BCUT2D eigenvalue weighted by Crippen LogP contribution is 2.46. The van der Waals surface area contributed by atoms with Gasteiger partial charge in [-0.2, -0.15) is 0 Å². The van der Waals surface area contributed by atoms with Gasteiger partial charge in [-0.15, -0.1) is 0 Å². The minimum absolute atomic E-state index is 0.0170. The maximum atomic E-state index is 7.21. The number of fused-ring (bicyclic) bond motifs is 3. The van der Waals surface area contributed by atoms with Crippen LogP contribution in [0, 0.1) is 0 Å². The molecule has 0 unspecified atom stereocenters. The maximum Gasteiger partial charge on any atom is 0.137 e. The molecule has 0 bridgehead atoms. The quantitative estimate of drug-likeness (QED) is 0.137. The molecule has 1 aliphatic rings. The average molecular weight is 983 g/mol.